The van der Waals surface area contributed by atoms with Gasteiger partial charge in [0.15, 0.2) is 0 Å². The van der Waals surface area contributed by atoms with Gasteiger partial charge in [-0.1, -0.05) is 19.9 Å². The third-order valence-electron chi connectivity index (χ3n) is 2.39. The number of esters is 1. The number of carbonyl (C=O) groups excluding carboxylic acids is 2. The molecule has 0 saturated heterocycles. The van der Waals surface area contributed by atoms with E-state index in [4.69, 9.17) is 15.2 Å². The van der Waals surface area contributed by atoms with Gasteiger partial charge in [-0.2, -0.15) is 0 Å². The number of nitrogens with two attached hydrogens (primary N) is 1. The Bertz CT molecular complexity index is 478. The average molecular weight is 393 g/mol. The van der Waals surface area contributed by atoms with Gasteiger partial charge in [-0.3, -0.25) is 0 Å². The zero-order valence-corrected chi connectivity index (χ0v) is 13.3. The minimum atomic E-state index is -0.818. The van der Waals surface area contributed by atoms with E-state index in [1.807, 2.05) is 36.4 Å². The molecule has 110 valence electrons. The molecule has 20 heavy (non-hydrogen) atoms. The van der Waals surface area contributed by atoms with Crippen LogP contribution in [0, 0.1) is 5.92 Å². The van der Waals surface area contributed by atoms with E-state index in [1.54, 1.807) is 18.2 Å². The molecule has 0 aromatic heterocycles. The Hall–Kier alpha value is -1.35. The van der Waals surface area contributed by atoms with E-state index in [-0.39, 0.29) is 22.0 Å². The number of alkyl halides is 1. The lowest BCUT2D eigenvalue weighted by Crippen LogP contribution is -2.38. The van der Waals surface area contributed by atoms with Crippen molar-refractivity contribution in [3.8, 4) is 11.5 Å². The van der Waals surface area contributed by atoms with Gasteiger partial charge in [-0.05, 0) is 40.6 Å². The smallest absolute Gasteiger partial charge is 0.425 e. The molecule has 1 aromatic rings. The van der Waals surface area contributed by atoms with E-state index in [0.717, 1.165) is 0 Å². The molecule has 2 N–H and O–H groups in total. The molecule has 7 heteroatoms. The SMILES string of the molecule is CC(C)C(N)C(=O)Oc1cccc(OC(=O)OCI)c1. The van der Waals surface area contributed by atoms with Crippen molar-refractivity contribution in [1.29, 1.82) is 0 Å². The first-order chi connectivity index (χ1) is 9.43. The highest BCUT2D eigenvalue weighted by Crippen LogP contribution is 2.20. The molecule has 0 aliphatic heterocycles. The highest BCUT2D eigenvalue weighted by atomic mass is 127. The summed E-state index contributed by atoms with van der Waals surface area (Å²) in [5, 5.41) is 0. The molecule has 0 fully saturated rings. The van der Waals surface area contributed by atoms with Gasteiger partial charge in [0.05, 0.1) is 0 Å². The Kier molecular flexibility index (Phi) is 6.73. The van der Waals surface area contributed by atoms with Gasteiger partial charge in [0.2, 0.25) is 0 Å². The molecular formula is C13H16INO5. The van der Waals surface area contributed by atoms with Crippen LogP contribution in [0.25, 0.3) is 0 Å². The van der Waals surface area contributed by atoms with Gasteiger partial charge in [-0.25, -0.2) is 9.59 Å². The molecule has 0 radical (unpaired) electrons. The number of rotatable bonds is 5. The number of hydrogen-bond acceptors (Lipinski definition) is 6. The van der Waals surface area contributed by atoms with Crippen LogP contribution in [0.2, 0.25) is 0 Å². The number of benzene rings is 1. The average Bonchev–Trinajstić information content (AvgIpc) is 2.38. The molecule has 6 nitrogen and oxygen atoms in total. The predicted molar refractivity (Wildman–Crippen MR) is 80.9 cm³/mol. The monoisotopic (exact) mass is 393 g/mol. The molecular weight excluding hydrogens is 377 g/mol. The summed E-state index contributed by atoms with van der Waals surface area (Å²) in [5.41, 5.74) is 5.69. The summed E-state index contributed by atoms with van der Waals surface area (Å²) >= 11 is 1.88. The number of halogens is 1. The fourth-order valence-corrected chi connectivity index (χ4v) is 1.48. The fourth-order valence-electron chi connectivity index (χ4n) is 1.23. The summed E-state index contributed by atoms with van der Waals surface area (Å²) in [6.45, 7) is 3.65. The minimum absolute atomic E-state index is 0.0273. The van der Waals surface area contributed by atoms with E-state index in [1.165, 1.54) is 6.07 Å². The molecule has 0 bridgehead atoms. The van der Waals surface area contributed by atoms with Gasteiger partial charge in [0.1, 0.15) is 22.2 Å². The Balaban J connectivity index is 2.68. The van der Waals surface area contributed by atoms with Crippen molar-refractivity contribution in [2.24, 2.45) is 11.7 Å². The summed E-state index contributed by atoms with van der Waals surface area (Å²) < 4.78 is 14.8. The molecule has 0 amide bonds. The summed E-state index contributed by atoms with van der Waals surface area (Å²) in [5.74, 6) is -0.0818. The Morgan fingerprint density at radius 1 is 1.25 bits per heavy atom. The van der Waals surface area contributed by atoms with Crippen molar-refractivity contribution < 1.29 is 23.8 Å². The van der Waals surface area contributed by atoms with Crippen molar-refractivity contribution >= 4 is 34.7 Å². The summed E-state index contributed by atoms with van der Waals surface area (Å²) in [7, 11) is 0. The lowest BCUT2D eigenvalue weighted by Gasteiger charge is -2.14. The molecule has 1 unspecified atom stereocenters. The van der Waals surface area contributed by atoms with E-state index >= 15 is 0 Å². The van der Waals surface area contributed by atoms with Gasteiger partial charge >= 0.3 is 12.1 Å². The molecule has 1 aromatic carbocycles. The second kappa shape index (κ2) is 8.05. The molecule has 0 spiro atoms. The zero-order valence-electron chi connectivity index (χ0n) is 11.2. The molecule has 1 atom stereocenters. The lowest BCUT2D eigenvalue weighted by atomic mass is 10.1. The maximum Gasteiger partial charge on any atom is 0.514 e. The second-order valence-corrected chi connectivity index (χ2v) is 4.89. The first-order valence-electron chi connectivity index (χ1n) is 5.92. The molecule has 0 aliphatic carbocycles. The largest absolute Gasteiger partial charge is 0.514 e. The predicted octanol–water partition coefficient (Wildman–Crippen LogP) is 2.48. The fraction of sp³-hybridized carbons (Fsp3) is 0.385. The van der Waals surface area contributed by atoms with E-state index < -0.39 is 18.2 Å². The first kappa shape index (κ1) is 16.7. The Labute approximate surface area is 130 Å². The van der Waals surface area contributed by atoms with Crippen LogP contribution in [0.15, 0.2) is 24.3 Å². The minimum Gasteiger partial charge on any atom is -0.425 e. The molecule has 0 aliphatic rings. The van der Waals surface area contributed by atoms with Crippen molar-refractivity contribution in [2.75, 3.05) is 4.61 Å². The van der Waals surface area contributed by atoms with Gasteiger partial charge < -0.3 is 19.9 Å². The van der Waals surface area contributed by atoms with Crippen LogP contribution in [-0.2, 0) is 9.53 Å². The summed E-state index contributed by atoms with van der Waals surface area (Å²) in [6.07, 6.45) is -0.818. The quantitative estimate of drug-likeness (QED) is 0.272. The van der Waals surface area contributed by atoms with Crippen molar-refractivity contribution in [3.05, 3.63) is 24.3 Å². The zero-order chi connectivity index (χ0) is 15.1. The van der Waals surface area contributed by atoms with Crippen LogP contribution in [0.3, 0.4) is 0 Å². The van der Waals surface area contributed by atoms with Gasteiger partial charge in [0.25, 0.3) is 0 Å². The third-order valence-corrected chi connectivity index (χ3v) is 2.70. The van der Waals surface area contributed by atoms with Gasteiger partial charge in [-0.15, -0.1) is 0 Å². The maximum absolute atomic E-state index is 11.7. The highest BCUT2D eigenvalue weighted by Gasteiger charge is 2.19. The Morgan fingerprint density at radius 2 is 1.85 bits per heavy atom. The molecule has 1 rings (SSSR count). The van der Waals surface area contributed by atoms with Crippen molar-refractivity contribution in [3.63, 3.8) is 0 Å². The van der Waals surface area contributed by atoms with E-state index in [0.29, 0.717) is 0 Å². The van der Waals surface area contributed by atoms with E-state index in [2.05, 4.69) is 4.74 Å². The van der Waals surface area contributed by atoms with Crippen LogP contribution in [0.1, 0.15) is 13.8 Å². The lowest BCUT2D eigenvalue weighted by molar-refractivity contribution is -0.136. The van der Waals surface area contributed by atoms with Crippen molar-refractivity contribution in [2.45, 2.75) is 19.9 Å². The number of ether oxygens (including phenoxy) is 3. The van der Waals surface area contributed by atoms with Crippen molar-refractivity contribution in [1.82, 2.24) is 0 Å². The van der Waals surface area contributed by atoms with Crippen LogP contribution in [-0.4, -0.2) is 22.8 Å². The van der Waals surface area contributed by atoms with Crippen LogP contribution >= 0.6 is 22.6 Å². The topological polar surface area (TPSA) is 87.9 Å². The molecule has 0 saturated carbocycles. The van der Waals surface area contributed by atoms with Gasteiger partial charge in [0, 0.05) is 6.07 Å². The first-order valence-corrected chi connectivity index (χ1v) is 7.44. The normalized spacial score (nSPS) is 11.8. The van der Waals surface area contributed by atoms with E-state index in [9.17, 15) is 9.59 Å². The Morgan fingerprint density at radius 3 is 2.40 bits per heavy atom. The summed E-state index contributed by atoms with van der Waals surface area (Å²) in [4.78, 5) is 22.9. The standard InChI is InChI=1S/C13H16INO5/c1-8(2)11(15)12(16)19-9-4-3-5-10(6-9)20-13(17)18-7-14/h3-6,8,11H,7,15H2,1-2H3. The van der Waals surface area contributed by atoms with Crippen LogP contribution in [0.4, 0.5) is 4.79 Å². The number of hydrogen-bond donors (Lipinski definition) is 1. The number of carbonyl (C=O) groups is 2. The van der Waals surface area contributed by atoms with Crippen LogP contribution < -0.4 is 15.2 Å². The highest BCUT2D eigenvalue weighted by molar-refractivity contribution is 14.1. The summed E-state index contributed by atoms with van der Waals surface area (Å²) in [6, 6.07) is 5.43. The third kappa shape index (κ3) is 5.33. The second-order valence-electron chi connectivity index (χ2n) is 4.27. The molecule has 0 heterocycles. The maximum atomic E-state index is 11.7. The van der Waals surface area contributed by atoms with Crippen LogP contribution in [0.5, 0.6) is 11.5 Å².